The van der Waals surface area contributed by atoms with Crippen LogP contribution in [-0.2, 0) is 4.74 Å². The molecule has 1 saturated heterocycles. The minimum atomic E-state index is 0.434. The van der Waals surface area contributed by atoms with Gasteiger partial charge in [0.1, 0.15) is 0 Å². The zero-order valence-corrected chi connectivity index (χ0v) is 14.5. The van der Waals surface area contributed by atoms with Gasteiger partial charge in [-0.05, 0) is 63.6 Å². The van der Waals surface area contributed by atoms with E-state index in [1.165, 1.54) is 58.2 Å². The molecule has 0 aromatic rings. The third-order valence-corrected chi connectivity index (χ3v) is 5.25. The number of aliphatic imine (C=N–C) groups is 1. The second-order valence-electron chi connectivity index (χ2n) is 6.85. The summed E-state index contributed by atoms with van der Waals surface area (Å²) >= 11 is 0. The summed E-state index contributed by atoms with van der Waals surface area (Å²) in [6.07, 6.45) is 9.08. The summed E-state index contributed by atoms with van der Waals surface area (Å²) in [5.74, 6) is 0.949. The Hall–Kier alpha value is -0.810. The van der Waals surface area contributed by atoms with Gasteiger partial charge < -0.3 is 20.3 Å². The average Bonchev–Trinajstić information content (AvgIpc) is 3.01. The van der Waals surface area contributed by atoms with Gasteiger partial charge in [-0.25, -0.2) is 0 Å². The van der Waals surface area contributed by atoms with Crippen LogP contribution in [-0.4, -0.2) is 64.3 Å². The van der Waals surface area contributed by atoms with E-state index in [-0.39, 0.29) is 0 Å². The van der Waals surface area contributed by atoms with Gasteiger partial charge in [0.2, 0.25) is 0 Å². The highest BCUT2D eigenvalue weighted by Gasteiger charge is 2.36. The van der Waals surface area contributed by atoms with Gasteiger partial charge in [-0.15, -0.1) is 0 Å². The molecule has 0 unspecified atom stereocenters. The van der Waals surface area contributed by atoms with Gasteiger partial charge in [0.05, 0.1) is 0 Å². The number of ether oxygens (including phenoxy) is 1. The van der Waals surface area contributed by atoms with Crippen molar-refractivity contribution >= 4 is 5.96 Å². The molecule has 2 aliphatic rings. The maximum absolute atomic E-state index is 5.26. The van der Waals surface area contributed by atoms with Crippen LogP contribution in [0.1, 0.15) is 44.9 Å². The van der Waals surface area contributed by atoms with E-state index in [0.717, 1.165) is 32.1 Å². The molecule has 0 aromatic carbocycles. The van der Waals surface area contributed by atoms with Crippen molar-refractivity contribution in [2.24, 2.45) is 10.4 Å². The molecule has 5 nitrogen and oxygen atoms in total. The molecule has 0 radical (unpaired) electrons. The molecule has 0 aromatic heterocycles. The number of nitrogens with zero attached hydrogens (tertiary/aromatic N) is 2. The smallest absolute Gasteiger partial charge is 0.190 e. The molecule has 0 atom stereocenters. The first-order chi connectivity index (χ1) is 10.8. The Morgan fingerprint density at radius 3 is 2.55 bits per heavy atom. The SMILES string of the molecule is CN=C(NCCCN1CCCC1)NCC1(CCOC)CCC1. The van der Waals surface area contributed by atoms with E-state index in [1.54, 1.807) is 7.11 Å². The van der Waals surface area contributed by atoms with Crippen molar-refractivity contribution in [2.45, 2.75) is 44.9 Å². The lowest BCUT2D eigenvalue weighted by molar-refractivity contribution is 0.0732. The van der Waals surface area contributed by atoms with Crippen molar-refractivity contribution in [3.05, 3.63) is 0 Å². The van der Waals surface area contributed by atoms with Crippen LogP contribution in [0.4, 0.5) is 0 Å². The fourth-order valence-corrected chi connectivity index (χ4v) is 3.52. The number of likely N-dealkylation sites (tertiary alicyclic amines) is 1. The van der Waals surface area contributed by atoms with Crippen LogP contribution in [0.15, 0.2) is 4.99 Å². The molecule has 1 aliphatic carbocycles. The molecular weight excluding hydrogens is 276 g/mol. The van der Waals surface area contributed by atoms with Crippen LogP contribution in [0.5, 0.6) is 0 Å². The molecule has 1 heterocycles. The number of hydrogen-bond donors (Lipinski definition) is 2. The van der Waals surface area contributed by atoms with Crippen molar-refractivity contribution in [1.29, 1.82) is 0 Å². The Bertz CT molecular complexity index is 336. The van der Waals surface area contributed by atoms with E-state index in [0.29, 0.717) is 5.41 Å². The number of rotatable bonds is 9. The third kappa shape index (κ3) is 5.43. The van der Waals surface area contributed by atoms with Crippen molar-refractivity contribution in [1.82, 2.24) is 15.5 Å². The molecule has 22 heavy (non-hydrogen) atoms. The second kappa shape index (κ2) is 9.36. The van der Waals surface area contributed by atoms with Crippen LogP contribution in [0.25, 0.3) is 0 Å². The quantitative estimate of drug-likeness (QED) is 0.388. The fourth-order valence-electron chi connectivity index (χ4n) is 3.52. The summed E-state index contributed by atoms with van der Waals surface area (Å²) in [5.41, 5.74) is 0.434. The molecule has 2 rings (SSSR count). The zero-order chi connectivity index (χ0) is 15.7. The summed E-state index contributed by atoms with van der Waals surface area (Å²) in [6, 6.07) is 0. The van der Waals surface area contributed by atoms with Crippen molar-refractivity contribution < 1.29 is 4.74 Å². The standard InChI is InChI=1S/C17H34N4O/c1-18-16(19-10-6-13-21-11-3-4-12-21)20-15-17(7-5-8-17)9-14-22-2/h3-15H2,1-2H3,(H2,18,19,20). The molecule has 0 bridgehead atoms. The summed E-state index contributed by atoms with van der Waals surface area (Å²) in [4.78, 5) is 6.91. The lowest BCUT2D eigenvalue weighted by Crippen LogP contribution is -2.47. The maximum Gasteiger partial charge on any atom is 0.190 e. The van der Waals surface area contributed by atoms with E-state index < -0.39 is 0 Å². The Morgan fingerprint density at radius 1 is 1.18 bits per heavy atom. The maximum atomic E-state index is 5.26. The first-order valence-electron chi connectivity index (χ1n) is 8.94. The van der Waals surface area contributed by atoms with E-state index >= 15 is 0 Å². The van der Waals surface area contributed by atoms with Crippen LogP contribution >= 0.6 is 0 Å². The van der Waals surface area contributed by atoms with E-state index in [1.807, 2.05) is 7.05 Å². The van der Waals surface area contributed by atoms with Gasteiger partial charge in [0.25, 0.3) is 0 Å². The van der Waals surface area contributed by atoms with Crippen LogP contribution in [0, 0.1) is 5.41 Å². The zero-order valence-electron chi connectivity index (χ0n) is 14.5. The minimum absolute atomic E-state index is 0.434. The first kappa shape index (κ1) is 17.5. The first-order valence-corrected chi connectivity index (χ1v) is 8.94. The van der Waals surface area contributed by atoms with Gasteiger partial charge in [-0.3, -0.25) is 4.99 Å². The normalized spacial score (nSPS) is 21.6. The summed E-state index contributed by atoms with van der Waals surface area (Å²) < 4.78 is 5.26. The Labute approximate surface area is 135 Å². The van der Waals surface area contributed by atoms with Gasteiger partial charge in [-0.1, -0.05) is 6.42 Å². The van der Waals surface area contributed by atoms with E-state index in [2.05, 4.69) is 20.5 Å². The Morgan fingerprint density at radius 2 is 1.95 bits per heavy atom. The van der Waals surface area contributed by atoms with Gasteiger partial charge in [-0.2, -0.15) is 0 Å². The summed E-state index contributed by atoms with van der Waals surface area (Å²) in [5, 5.41) is 6.97. The lowest BCUT2D eigenvalue weighted by atomic mass is 9.67. The fraction of sp³-hybridized carbons (Fsp3) is 0.941. The molecule has 128 valence electrons. The monoisotopic (exact) mass is 310 g/mol. The van der Waals surface area contributed by atoms with Gasteiger partial charge in [0.15, 0.2) is 5.96 Å². The van der Waals surface area contributed by atoms with Crippen molar-refractivity contribution in [2.75, 3.05) is 53.5 Å². The van der Waals surface area contributed by atoms with E-state index in [4.69, 9.17) is 4.74 Å². The molecule has 0 spiro atoms. The number of nitrogens with one attached hydrogen (secondary N) is 2. The van der Waals surface area contributed by atoms with Gasteiger partial charge >= 0.3 is 0 Å². The number of hydrogen-bond acceptors (Lipinski definition) is 3. The minimum Gasteiger partial charge on any atom is -0.385 e. The number of guanidine groups is 1. The third-order valence-electron chi connectivity index (χ3n) is 5.25. The Kier molecular flexibility index (Phi) is 7.46. The predicted molar refractivity (Wildman–Crippen MR) is 92.4 cm³/mol. The van der Waals surface area contributed by atoms with Crippen molar-refractivity contribution in [3.8, 4) is 0 Å². The molecule has 1 aliphatic heterocycles. The lowest BCUT2D eigenvalue weighted by Gasteiger charge is -2.42. The van der Waals surface area contributed by atoms with Crippen molar-refractivity contribution in [3.63, 3.8) is 0 Å². The van der Waals surface area contributed by atoms with Crippen LogP contribution < -0.4 is 10.6 Å². The van der Waals surface area contributed by atoms with Crippen LogP contribution in [0.3, 0.4) is 0 Å². The molecular formula is C17H34N4O. The predicted octanol–water partition coefficient (Wildman–Crippen LogP) is 1.84. The Balaban J connectivity index is 1.60. The molecule has 0 amide bonds. The summed E-state index contributed by atoms with van der Waals surface area (Å²) in [6.45, 7) is 6.67. The molecule has 5 heteroatoms. The largest absolute Gasteiger partial charge is 0.385 e. The number of methoxy groups -OCH3 is 1. The highest BCUT2D eigenvalue weighted by Crippen LogP contribution is 2.43. The highest BCUT2D eigenvalue weighted by molar-refractivity contribution is 5.79. The van der Waals surface area contributed by atoms with Gasteiger partial charge in [0, 0.05) is 33.9 Å². The van der Waals surface area contributed by atoms with Crippen LogP contribution in [0.2, 0.25) is 0 Å². The topological polar surface area (TPSA) is 48.9 Å². The summed E-state index contributed by atoms with van der Waals surface area (Å²) in [7, 11) is 3.65. The molecule has 1 saturated carbocycles. The molecule has 2 N–H and O–H groups in total. The highest BCUT2D eigenvalue weighted by atomic mass is 16.5. The second-order valence-corrected chi connectivity index (χ2v) is 6.85. The molecule has 2 fully saturated rings. The average molecular weight is 310 g/mol. The van der Waals surface area contributed by atoms with E-state index in [9.17, 15) is 0 Å².